The number of hydrogen-bond acceptors (Lipinski definition) is 2. The summed E-state index contributed by atoms with van der Waals surface area (Å²) < 4.78 is 1.11. The molecule has 25 heavy (non-hydrogen) atoms. The normalized spacial score (nSPS) is 20.9. The molecule has 0 aliphatic carbocycles. The van der Waals surface area contributed by atoms with Crippen molar-refractivity contribution in [3.05, 3.63) is 69.3 Å². The predicted octanol–water partition coefficient (Wildman–Crippen LogP) is 2.74. The third kappa shape index (κ3) is 3.71. The number of halogens is 1. The maximum absolute atomic E-state index is 12.9. The van der Waals surface area contributed by atoms with Crippen molar-refractivity contribution >= 4 is 34.4 Å². The number of benzene rings is 2. The smallest absolute Gasteiger partial charge is 0.246 e. The summed E-state index contributed by atoms with van der Waals surface area (Å²) in [4.78, 5) is 29.1. The van der Waals surface area contributed by atoms with E-state index in [0.29, 0.717) is 12.8 Å². The third-order valence-corrected chi connectivity index (χ3v) is 5.90. The third-order valence-electron chi connectivity index (χ3n) is 4.84. The van der Waals surface area contributed by atoms with E-state index in [2.05, 4.69) is 22.6 Å². The van der Waals surface area contributed by atoms with Crippen molar-refractivity contribution < 1.29 is 9.59 Å². The first-order chi connectivity index (χ1) is 12.0. The fourth-order valence-electron chi connectivity index (χ4n) is 3.27. The molecule has 0 radical (unpaired) electrons. The molecule has 130 valence electrons. The largest absolute Gasteiger partial charge is 0.332 e. The molecule has 1 fully saturated rings. The summed E-state index contributed by atoms with van der Waals surface area (Å²) in [6.45, 7) is 0. The first kappa shape index (κ1) is 17.9. The molecule has 3 rings (SSSR count). The number of nitrogens with zero attached hydrogens (tertiary/aromatic N) is 2. The van der Waals surface area contributed by atoms with Crippen LogP contribution in [0.25, 0.3) is 0 Å². The van der Waals surface area contributed by atoms with E-state index in [0.717, 1.165) is 14.7 Å². The SMILES string of the molecule is CN1C(=O)[C@H](Cc2ccccc2)N(C)C(=O)C1Cc1ccccc1I. The Morgan fingerprint density at radius 2 is 1.32 bits per heavy atom. The molecule has 4 nitrogen and oxygen atoms in total. The van der Waals surface area contributed by atoms with Gasteiger partial charge in [0.25, 0.3) is 0 Å². The quantitative estimate of drug-likeness (QED) is 0.676. The van der Waals surface area contributed by atoms with Crippen molar-refractivity contribution in [3.8, 4) is 0 Å². The van der Waals surface area contributed by atoms with Gasteiger partial charge < -0.3 is 9.80 Å². The fourth-order valence-corrected chi connectivity index (χ4v) is 3.87. The summed E-state index contributed by atoms with van der Waals surface area (Å²) in [6.07, 6.45) is 1.09. The minimum absolute atomic E-state index is 0.00175. The standard InChI is InChI=1S/C20H21IN2O2/c1-22-17(12-14-8-4-3-5-9-14)19(24)23(2)18(20(22)25)13-15-10-6-7-11-16(15)21/h3-11,17-18H,12-13H2,1-2H3/t17-,18?/m0/s1. The highest BCUT2D eigenvalue weighted by Gasteiger charge is 2.42. The zero-order valence-electron chi connectivity index (χ0n) is 14.4. The number of amides is 2. The van der Waals surface area contributed by atoms with E-state index >= 15 is 0 Å². The van der Waals surface area contributed by atoms with Crippen LogP contribution in [0.4, 0.5) is 0 Å². The lowest BCUT2D eigenvalue weighted by Crippen LogP contribution is -2.63. The molecule has 0 aromatic heterocycles. The summed E-state index contributed by atoms with van der Waals surface area (Å²) in [7, 11) is 3.48. The summed E-state index contributed by atoms with van der Waals surface area (Å²) >= 11 is 2.27. The van der Waals surface area contributed by atoms with Crippen LogP contribution in [0.15, 0.2) is 54.6 Å². The fraction of sp³-hybridized carbons (Fsp3) is 0.300. The predicted molar refractivity (Wildman–Crippen MR) is 106 cm³/mol. The van der Waals surface area contributed by atoms with Gasteiger partial charge in [-0.25, -0.2) is 0 Å². The zero-order valence-corrected chi connectivity index (χ0v) is 16.5. The van der Waals surface area contributed by atoms with Crippen LogP contribution in [-0.4, -0.2) is 47.8 Å². The summed E-state index contributed by atoms with van der Waals surface area (Å²) in [5.74, 6) is 0.00424. The van der Waals surface area contributed by atoms with Crippen LogP contribution >= 0.6 is 22.6 Å². The second-order valence-electron chi connectivity index (χ2n) is 6.42. The van der Waals surface area contributed by atoms with Crippen LogP contribution < -0.4 is 0 Å². The molecular weight excluding hydrogens is 427 g/mol. The maximum atomic E-state index is 12.9. The molecular formula is C20H21IN2O2. The Kier molecular flexibility index (Phi) is 5.42. The maximum Gasteiger partial charge on any atom is 0.246 e. The topological polar surface area (TPSA) is 40.6 Å². The molecule has 1 heterocycles. The lowest BCUT2D eigenvalue weighted by atomic mass is 9.95. The van der Waals surface area contributed by atoms with Gasteiger partial charge in [0.15, 0.2) is 0 Å². The molecule has 0 saturated carbocycles. The second-order valence-corrected chi connectivity index (χ2v) is 7.58. The van der Waals surface area contributed by atoms with E-state index in [-0.39, 0.29) is 11.8 Å². The zero-order chi connectivity index (χ0) is 18.0. The van der Waals surface area contributed by atoms with Crippen LogP contribution in [0.3, 0.4) is 0 Å². The van der Waals surface area contributed by atoms with Crippen LogP contribution in [0.1, 0.15) is 11.1 Å². The number of rotatable bonds is 4. The van der Waals surface area contributed by atoms with Gasteiger partial charge in [-0.05, 0) is 39.8 Å². The molecule has 2 aromatic carbocycles. The van der Waals surface area contributed by atoms with Crippen molar-refractivity contribution in [1.82, 2.24) is 9.80 Å². The Labute approximate surface area is 162 Å². The van der Waals surface area contributed by atoms with Gasteiger partial charge in [-0.3, -0.25) is 9.59 Å². The number of hydrogen-bond donors (Lipinski definition) is 0. The lowest BCUT2D eigenvalue weighted by molar-refractivity contribution is -0.158. The van der Waals surface area contributed by atoms with Gasteiger partial charge in [-0.15, -0.1) is 0 Å². The Morgan fingerprint density at radius 1 is 0.800 bits per heavy atom. The van der Waals surface area contributed by atoms with Gasteiger partial charge in [-0.1, -0.05) is 48.5 Å². The van der Waals surface area contributed by atoms with Crippen molar-refractivity contribution in [1.29, 1.82) is 0 Å². The molecule has 1 aliphatic rings. The Bertz CT molecular complexity index is 778. The monoisotopic (exact) mass is 448 g/mol. The summed E-state index contributed by atoms with van der Waals surface area (Å²) in [5, 5.41) is 0. The molecule has 1 aliphatic heterocycles. The average Bonchev–Trinajstić information content (AvgIpc) is 2.63. The Hall–Kier alpha value is -1.89. The lowest BCUT2D eigenvalue weighted by Gasteiger charge is -2.42. The van der Waals surface area contributed by atoms with Crippen molar-refractivity contribution in [2.24, 2.45) is 0 Å². The summed E-state index contributed by atoms with van der Waals surface area (Å²) in [5.41, 5.74) is 2.15. The molecule has 5 heteroatoms. The molecule has 0 bridgehead atoms. The van der Waals surface area contributed by atoms with Crippen molar-refractivity contribution in [2.45, 2.75) is 24.9 Å². The average molecular weight is 448 g/mol. The van der Waals surface area contributed by atoms with E-state index in [1.165, 1.54) is 0 Å². The minimum atomic E-state index is -0.444. The minimum Gasteiger partial charge on any atom is -0.332 e. The highest BCUT2D eigenvalue weighted by atomic mass is 127. The molecule has 0 N–H and O–H groups in total. The van der Waals surface area contributed by atoms with Crippen LogP contribution in [0, 0.1) is 3.57 Å². The first-order valence-corrected chi connectivity index (χ1v) is 9.37. The van der Waals surface area contributed by atoms with Gasteiger partial charge in [0.1, 0.15) is 12.1 Å². The molecule has 2 atom stereocenters. The molecule has 1 unspecified atom stereocenters. The number of piperazine rings is 1. The number of carbonyl (C=O) groups is 2. The van der Waals surface area contributed by atoms with Crippen molar-refractivity contribution in [3.63, 3.8) is 0 Å². The van der Waals surface area contributed by atoms with Crippen LogP contribution in [0.5, 0.6) is 0 Å². The first-order valence-electron chi connectivity index (χ1n) is 8.29. The van der Waals surface area contributed by atoms with Gasteiger partial charge in [0.2, 0.25) is 11.8 Å². The van der Waals surface area contributed by atoms with Gasteiger partial charge in [0.05, 0.1) is 0 Å². The van der Waals surface area contributed by atoms with E-state index in [1.807, 2.05) is 54.6 Å². The summed E-state index contributed by atoms with van der Waals surface area (Å²) in [6, 6.07) is 16.9. The van der Waals surface area contributed by atoms with E-state index in [9.17, 15) is 9.59 Å². The Balaban J connectivity index is 1.81. The van der Waals surface area contributed by atoms with E-state index < -0.39 is 12.1 Å². The van der Waals surface area contributed by atoms with E-state index in [1.54, 1.807) is 23.9 Å². The van der Waals surface area contributed by atoms with Crippen LogP contribution in [-0.2, 0) is 22.4 Å². The molecule has 2 aromatic rings. The van der Waals surface area contributed by atoms with Gasteiger partial charge in [0, 0.05) is 30.5 Å². The number of carbonyl (C=O) groups excluding carboxylic acids is 2. The van der Waals surface area contributed by atoms with Crippen LogP contribution in [0.2, 0.25) is 0 Å². The molecule has 0 spiro atoms. The van der Waals surface area contributed by atoms with Gasteiger partial charge >= 0.3 is 0 Å². The highest BCUT2D eigenvalue weighted by molar-refractivity contribution is 14.1. The highest BCUT2D eigenvalue weighted by Crippen LogP contribution is 2.23. The molecule has 1 saturated heterocycles. The molecule has 2 amide bonds. The van der Waals surface area contributed by atoms with Crippen molar-refractivity contribution in [2.75, 3.05) is 14.1 Å². The second kappa shape index (κ2) is 7.56. The Morgan fingerprint density at radius 3 is 1.92 bits per heavy atom. The van der Waals surface area contributed by atoms with Gasteiger partial charge in [-0.2, -0.15) is 0 Å². The van der Waals surface area contributed by atoms with E-state index in [4.69, 9.17) is 0 Å². The number of likely N-dealkylation sites (N-methyl/N-ethyl adjacent to an activating group) is 2.